The van der Waals surface area contributed by atoms with Gasteiger partial charge >= 0.3 is 5.97 Å². The molecule has 1 saturated carbocycles. The third kappa shape index (κ3) is 2.99. The van der Waals surface area contributed by atoms with Crippen molar-refractivity contribution in [2.24, 2.45) is 5.73 Å². The standard InChI is InChI=1S/C18H20N2O3/c1-11-10-15(12(2)20(11)14-8-9-14)18(22)23-16(17(19)21)13-6-4-3-5-7-13/h3-7,10,14,16H,8-9H2,1-2H3,(H2,19,21)/t16-/m0/s1. The molecule has 1 fully saturated rings. The van der Waals surface area contributed by atoms with E-state index in [-0.39, 0.29) is 0 Å². The van der Waals surface area contributed by atoms with Gasteiger partial charge in [-0.1, -0.05) is 30.3 Å². The Morgan fingerprint density at radius 3 is 2.43 bits per heavy atom. The SMILES string of the molecule is Cc1cc(C(=O)O[C@H](C(N)=O)c2ccccc2)c(C)n1C1CC1. The Hall–Kier alpha value is -2.56. The second kappa shape index (κ2) is 5.91. The molecule has 0 radical (unpaired) electrons. The molecular formula is C18H20N2O3. The van der Waals surface area contributed by atoms with E-state index in [0.29, 0.717) is 17.2 Å². The Bertz CT molecular complexity index is 745. The maximum atomic E-state index is 12.5. The molecule has 0 saturated heterocycles. The average molecular weight is 312 g/mol. The van der Waals surface area contributed by atoms with E-state index in [1.807, 2.05) is 26.0 Å². The summed E-state index contributed by atoms with van der Waals surface area (Å²) in [6, 6.07) is 11.1. The lowest BCUT2D eigenvalue weighted by molar-refractivity contribution is -0.127. The Balaban J connectivity index is 1.85. The van der Waals surface area contributed by atoms with Crippen LogP contribution in [0.2, 0.25) is 0 Å². The molecule has 120 valence electrons. The summed E-state index contributed by atoms with van der Waals surface area (Å²) in [6.45, 7) is 3.88. The summed E-state index contributed by atoms with van der Waals surface area (Å²) in [7, 11) is 0. The van der Waals surface area contributed by atoms with Gasteiger partial charge in [-0.05, 0) is 32.8 Å². The lowest BCUT2D eigenvalue weighted by Crippen LogP contribution is -2.26. The second-order valence-corrected chi connectivity index (χ2v) is 5.98. The first-order chi connectivity index (χ1) is 11.0. The Morgan fingerprint density at radius 2 is 1.87 bits per heavy atom. The number of carbonyl (C=O) groups is 2. The van der Waals surface area contributed by atoms with Gasteiger partial charge in [-0.2, -0.15) is 0 Å². The number of nitrogens with zero attached hydrogens (tertiary/aromatic N) is 1. The van der Waals surface area contributed by atoms with Gasteiger partial charge in [0.15, 0.2) is 0 Å². The first kappa shape index (κ1) is 15.3. The van der Waals surface area contributed by atoms with Crippen molar-refractivity contribution in [3.8, 4) is 0 Å². The minimum Gasteiger partial charge on any atom is -0.444 e. The molecule has 1 aromatic heterocycles. The summed E-state index contributed by atoms with van der Waals surface area (Å²) in [5.74, 6) is -1.20. The lowest BCUT2D eigenvalue weighted by atomic mass is 10.1. The maximum absolute atomic E-state index is 12.5. The second-order valence-electron chi connectivity index (χ2n) is 5.98. The molecule has 5 heteroatoms. The van der Waals surface area contributed by atoms with Crippen molar-refractivity contribution >= 4 is 11.9 Å². The van der Waals surface area contributed by atoms with Crippen LogP contribution in [0.25, 0.3) is 0 Å². The normalized spacial score (nSPS) is 15.2. The number of aryl methyl sites for hydroxylation is 1. The summed E-state index contributed by atoms with van der Waals surface area (Å²) in [4.78, 5) is 24.2. The van der Waals surface area contributed by atoms with Crippen LogP contribution in [0.1, 0.15) is 52.3 Å². The molecule has 1 aromatic carbocycles. The van der Waals surface area contributed by atoms with Crippen LogP contribution >= 0.6 is 0 Å². The Kier molecular flexibility index (Phi) is 3.94. The number of hydrogen-bond acceptors (Lipinski definition) is 3. The van der Waals surface area contributed by atoms with Gasteiger partial charge < -0.3 is 15.0 Å². The summed E-state index contributed by atoms with van der Waals surface area (Å²) in [5.41, 5.74) is 8.39. The van der Waals surface area contributed by atoms with E-state index in [1.165, 1.54) is 0 Å². The van der Waals surface area contributed by atoms with Crippen molar-refractivity contribution in [3.63, 3.8) is 0 Å². The number of amides is 1. The number of primary amides is 1. The molecule has 0 unspecified atom stereocenters. The molecule has 2 aromatic rings. The number of benzene rings is 1. The summed E-state index contributed by atoms with van der Waals surface area (Å²) >= 11 is 0. The number of carbonyl (C=O) groups excluding carboxylic acids is 2. The van der Waals surface area contributed by atoms with Crippen molar-refractivity contribution in [1.82, 2.24) is 4.57 Å². The van der Waals surface area contributed by atoms with Crippen LogP contribution in [-0.2, 0) is 9.53 Å². The lowest BCUT2D eigenvalue weighted by Gasteiger charge is -2.15. The molecule has 3 rings (SSSR count). The molecule has 1 amide bonds. The van der Waals surface area contributed by atoms with Crippen LogP contribution < -0.4 is 5.73 Å². The summed E-state index contributed by atoms with van der Waals surface area (Å²) in [6.07, 6.45) is 1.20. The fourth-order valence-electron chi connectivity index (χ4n) is 2.97. The van der Waals surface area contributed by atoms with Crippen LogP contribution in [-0.4, -0.2) is 16.4 Å². The zero-order valence-corrected chi connectivity index (χ0v) is 13.3. The Labute approximate surface area is 135 Å². The monoisotopic (exact) mass is 312 g/mol. The van der Waals surface area contributed by atoms with E-state index in [2.05, 4.69) is 4.57 Å². The molecule has 1 aliphatic rings. The van der Waals surface area contributed by atoms with Gasteiger partial charge in [0.25, 0.3) is 5.91 Å². The molecule has 1 atom stereocenters. The highest BCUT2D eigenvalue weighted by atomic mass is 16.5. The van der Waals surface area contributed by atoms with Crippen LogP contribution in [0.15, 0.2) is 36.4 Å². The van der Waals surface area contributed by atoms with Crippen LogP contribution in [0.5, 0.6) is 0 Å². The van der Waals surface area contributed by atoms with Crippen molar-refractivity contribution in [2.45, 2.75) is 38.8 Å². The fraction of sp³-hybridized carbons (Fsp3) is 0.333. The quantitative estimate of drug-likeness (QED) is 0.863. The molecule has 0 aliphatic heterocycles. The largest absolute Gasteiger partial charge is 0.444 e. The third-order valence-corrected chi connectivity index (χ3v) is 4.20. The van der Waals surface area contributed by atoms with Crippen molar-refractivity contribution in [1.29, 1.82) is 0 Å². The van der Waals surface area contributed by atoms with Crippen molar-refractivity contribution < 1.29 is 14.3 Å². The number of nitrogens with two attached hydrogens (primary N) is 1. The number of esters is 1. The van der Waals surface area contributed by atoms with Gasteiger partial charge in [-0.15, -0.1) is 0 Å². The van der Waals surface area contributed by atoms with E-state index in [4.69, 9.17) is 10.5 Å². The van der Waals surface area contributed by atoms with E-state index in [0.717, 1.165) is 24.2 Å². The highest BCUT2D eigenvalue weighted by Gasteiger charge is 2.30. The van der Waals surface area contributed by atoms with Crippen molar-refractivity contribution in [2.75, 3.05) is 0 Å². The number of rotatable bonds is 5. The summed E-state index contributed by atoms with van der Waals surface area (Å²) < 4.78 is 7.57. The number of aromatic nitrogens is 1. The molecule has 23 heavy (non-hydrogen) atoms. The van der Waals surface area contributed by atoms with Gasteiger partial charge in [0.05, 0.1) is 5.56 Å². The molecule has 0 spiro atoms. The van der Waals surface area contributed by atoms with Gasteiger partial charge in [0, 0.05) is 23.0 Å². The molecule has 1 aliphatic carbocycles. The van der Waals surface area contributed by atoms with Crippen LogP contribution in [0.4, 0.5) is 0 Å². The first-order valence-electron chi connectivity index (χ1n) is 7.72. The van der Waals surface area contributed by atoms with Crippen LogP contribution in [0, 0.1) is 13.8 Å². The van der Waals surface area contributed by atoms with Crippen LogP contribution in [0.3, 0.4) is 0 Å². The van der Waals surface area contributed by atoms with Gasteiger partial charge in [-0.25, -0.2) is 4.79 Å². The van der Waals surface area contributed by atoms with E-state index in [9.17, 15) is 9.59 Å². The van der Waals surface area contributed by atoms with E-state index < -0.39 is 18.0 Å². The highest BCUT2D eigenvalue weighted by Crippen LogP contribution is 2.38. The minimum absolute atomic E-state index is 0.484. The average Bonchev–Trinajstić information content (AvgIpc) is 3.31. The van der Waals surface area contributed by atoms with E-state index >= 15 is 0 Å². The zero-order valence-electron chi connectivity index (χ0n) is 13.3. The molecule has 1 heterocycles. The highest BCUT2D eigenvalue weighted by molar-refractivity contribution is 5.93. The number of ether oxygens (including phenoxy) is 1. The molecule has 2 N–H and O–H groups in total. The van der Waals surface area contributed by atoms with Crippen molar-refractivity contribution in [3.05, 3.63) is 58.9 Å². The van der Waals surface area contributed by atoms with Gasteiger partial charge in [0.2, 0.25) is 6.10 Å². The predicted molar refractivity (Wildman–Crippen MR) is 86.0 cm³/mol. The predicted octanol–water partition coefficient (Wildman–Crippen LogP) is 2.82. The van der Waals surface area contributed by atoms with Gasteiger partial charge in [-0.3, -0.25) is 4.79 Å². The third-order valence-electron chi connectivity index (χ3n) is 4.20. The zero-order chi connectivity index (χ0) is 16.6. The molecule has 5 nitrogen and oxygen atoms in total. The smallest absolute Gasteiger partial charge is 0.341 e. The number of hydrogen-bond donors (Lipinski definition) is 1. The first-order valence-corrected chi connectivity index (χ1v) is 7.72. The van der Waals surface area contributed by atoms with Gasteiger partial charge in [0.1, 0.15) is 0 Å². The Morgan fingerprint density at radius 1 is 1.22 bits per heavy atom. The fourth-order valence-corrected chi connectivity index (χ4v) is 2.97. The maximum Gasteiger partial charge on any atom is 0.341 e. The molecular weight excluding hydrogens is 292 g/mol. The topological polar surface area (TPSA) is 74.3 Å². The summed E-state index contributed by atoms with van der Waals surface area (Å²) in [5, 5.41) is 0. The van der Waals surface area contributed by atoms with E-state index in [1.54, 1.807) is 24.3 Å². The minimum atomic E-state index is -1.08. The molecule has 0 bridgehead atoms.